The van der Waals surface area contributed by atoms with E-state index in [1.807, 2.05) is 0 Å². The highest BCUT2D eigenvalue weighted by atomic mass is 35.5. The highest BCUT2D eigenvalue weighted by molar-refractivity contribution is 6.30. The van der Waals surface area contributed by atoms with Gasteiger partial charge in [-0.2, -0.15) is 8.78 Å². The maximum absolute atomic E-state index is 11.7. The van der Waals surface area contributed by atoms with Gasteiger partial charge in [-0.3, -0.25) is 0 Å². The molecule has 0 N–H and O–H groups in total. The van der Waals surface area contributed by atoms with E-state index in [0.29, 0.717) is 10.6 Å². The molecule has 0 amide bonds. The summed E-state index contributed by atoms with van der Waals surface area (Å²) < 4.78 is 27.5. The van der Waals surface area contributed by atoms with E-state index in [0.717, 1.165) is 0 Å². The van der Waals surface area contributed by atoms with Crippen LogP contribution in [0.5, 0.6) is 5.75 Å². The molecule has 0 aromatic heterocycles. The minimum absolute atomic E-state index is 0.0301. The lowest BCUT2D eigenvalue weighted by Crippen LogP contribution is -2.01. The molecule has 4 heteroatoms. The maximum atomic E-state index is 11.7. The van der Waals surface area contributed by atoms with Gasteiger partial charge in [0.1, 0.15) is 5.75 Å². The number of halogens is 3. The first-order valence-corrected chi connectivity index (χ1v) is 3.53. The van der Waals surface area contributed by atoms with Gasteiger partial charge in [0.2, 0.25) is 0 Å². The van der Waals surface area contributed by atoms with Gasteiger partial charge in [-0.05, 0) is 30.7 Å². The zero-order chi connectivity index (χ0) is 9.14. The number of hydrogen-bond acceptors (Lipinski definition) is 1. The largest absolute Gasteiger partial charge is 0.435 e. The molecule has 0 spiro atoms. The average molecular weight is 192 g/mol. The molecular formula is C8H6ClF2O. The Labute approximate surface area is 73.9 Å². The molecule has 0 atom stereocenters. The van der Waals surface area contributed by atoms with E-state index in [-0.39, 0.29) is 5.75 Å². The first-order chi connectivity index (χ1) is 5.58. The van der Waals surface area contributed by atoms with E-state index in [9.17, 15) is 8.78 Å². The zero-order valence-electron chi connectivity index (χ0n) is 6.06. The van der Waals surface area contributed by atoms with E-state index in [1.165, 1.54) is 12.1 Å². The van der Waals surface area contributed by atoms with Gasteiger partial charge >= 0.3 is 6.61 Å². The Morgan fingerprint density at radius 2 is 2.00 bits per heavy atom. The Bertz CT molecular complexity index is 256. The van der Waals surface area contributed by atoms with Crippen LogP contribution in [0.4, 0.5) is 8.78 Å². The normalized spacial score (nSPS) is 10.4. The molecule has 0 saturated carbocycles. The predicted octanol–water partition coefficient (Wildman–Crippen LogP) is 3.12. The van der Waals surface area contributed by atoms with Crippen LogP contribution in [0.15, 0.2) is 18.2 Å². The Morgan fingerprint density at radius 1 is 1.33 bits per heavy atom. The third-order valence-electron chi connectivity index (χ3n) is 1.16. The molecular weight excluding hydrogens is 186 g/mol. The Hall–Kier alpha value is -0.830. The topological polar surface area (TPSA) is 9.23 Å². The maximum Gasteiger partial charge on any atom is 0.387 e. The van der Waals surface area contributed by atoms with Crippen molar-refractivity contribution in [3.8, 4) is 5.75 Å². The second-order valence-corrected chi connectivity index (χ2v) is 2.61. The van der Waals surface area contributed by atoms with E-state index >= 15 is 0 Å². The van der Waals surface area contributed by atoms with Crippen molar-refractivity contribution in [3.05, 3.63) is 35.7 Å². The minimum Gasteiger partial charge on any atom is -0.435 e. The summed E-state index contributed by atoms with van der Waals surface area (Å²) >= 11 is 5.57. The van der Waals surface area contributed by atoms with Crippen LogP contribution in [-0.2, 0) is 0 Å². The summed E-state index contributed by atoms with van der Waals surface area (Å²) in [4.78, 5) is 0. The summed E-state index contributed by atoms with van der Waals surface area (Å²) in [6, 6.07) is 4.25. The van der Waals surface area contributed by atoms with Gasteiger partial charge in [-0.1, -0.05) is 11.6 Å². The van der Waals surface area contributed by atoms with E-state index in [4.69, 9.17) is 11.6 Å². The number of hydrogen-bond donors (Lipinski definition) is 0. The molecule has 0 fully saturated rings. The zero-order valence-corrected chi connectivity index (χ0v) is 6.81. The highest BCUT2D eigenvalue weighted by Gasteiger charge is 2.04. The summed E-state index contributed by atoms with van der Waals surface area (Å²) in [6.07, 6.45) is 0. The molecule has 12 heavy (non-hydrogen) atoms. The number of alkyl halides is 2. The fraction of sp³-hybridized carbons (Fsp3) is 0.125. The molecule has 0 aliphatic heterocycles. The van der Waals surface area contributed by atoms with Crippen LogP contribution in [0.25, 0.3) is 0 Å². The quantitative estimate of drug-likeness (QED) is 0.698. The summed E-state index contributed by atoms with van der Waals surface area (Å²) in [5, 5.41) is 0.332. The fourth-order valence-electron chi connectivity index (χ4n) is 0.792. The van der Waals surface area contributed by atoms with Crippen LogP contribution >= 0.6 is 11.6 Å². The number of rotatable bonds is 2. The summed E-state index contributed by atoms with van der Waals surface area (Å²) in [6.45, 7) is 0.709. The van der Waals surface area contributed by atoms with Crippen LogP contribution in [0.2, 0.25) is 5.02 Å². The molecule has 65 valence electrons. The molecule has 1 aromatic rings. The van der Waals surface area contributed by atoms with E-state index in [2.05, 4.69) is 11.7 Å². The lowest BCUT2D eigenvalue weighted by Gasteiger charge is -2.05. The second-order valence-electron chi connectivity index (χ2n) is 2.17. The van der Waals surface area contributed by atoms with Crippen molar-refractivity contribution >= 4 is 11.6 Å². The molecule has 0 unspecified atom stereocenters. The lowest BCUT2D eigenvalue weighted by atomic mass is 10.2. The van der Waals surface area contributed by atoms with Crippen molar-refractivity contribution in [2.24, 2.45) is 0 Å². The molecule has 0 aliphatic carbocycles. The van der Waals surface area contributed by atoms with Crippen LogP contribution in [-0.4, -0.2) is 6.61 Å². The Balaban J connectivity index is 2.85. The van der Waals surface area contributed by atoms with E-state index < -0.39 is 6.61 Å². The third kappa shape index (κ3) is 2.66. The standard InChI is InChI=1S/C8H6ClF2O/c1-5-2-6(9)4-7(3-5)12-8(10)11/h2-4,8H,1H2. The minimum atomic E-state index is -2.83. The van der Waals surface area contributed by atoms with Gasteiger partial charge in [0, 0.05) is 5.02 Å². The summed E-state index contributed by atoms with van der Waals surface area (Å²) in [7, 11) is 0. The Morgan fingerprint density at radius 3 is 2.50 bits per heavy atom. The van der Waals surface area contributed by atoms with Crippen LogP contribution in [0.3, 0.4) is 0 Å². The van der Waals surface area contributed by atoms with Gasteiger partial charge in [-0.25, -0.2) is 0 Å². The molecule has 0 aliphatic rings. The molecule has 1 nitrogen and oxygen atoms in total. The Kier molecular flexibility index (Phi) is 2.87. The van der Waals surface area contributed by atoms with Crippen LogP contribution < -0.4 is 4.74 Å². The SMILES string of the molecule is [CH2]c1cc(Cl)cc(OC(F)F)c1. The van der Waals surface area contributed by atoms with Crippen molar-refractivity contribution in [1.29, 1.82) is 0 Å². The predicted molar refractivity (Wildman–Crippen MR) is 42.5 cm³/mol. The van der Waals surface area contributed by atoms with Crippen molar-refractivity contribution in [3.63, 3.8) is 0 Å². The molecule has 0 bridgehead atoms. The molecule has 1 radical (unpaired) electrons. The van der Waals surface area contributed by atoms with Crippen molar-refractivity contribution in [2.75, 3.05) is 0 Å². The first-order valence-electron chi connectivity index (χ1n) is 3.15. The summed E-state index contributed by atoms with van der Waals surface area (Å²) in [5.41, 5.74) is 0.540. The molecule has 1 aromatic carbocycles. The molecule has 1 rings (SSSR count). The average Bonchev–Trinajstić information content (AvgIpc) is 1.81. The fourth-order valence-corrected chi connectivity index (χ4v) is 1.04. The van der Waals surface area contributed by atoms with E-state index in [1.54, 1.807) is 6.07 Å². The number of ether oxygens (including phenoxy) is 1. The summed E-state index contributed by atoms with van der Waals surface area (Å²) in [5.74, 6) is 0.0301. The van der Waals surface area contributed by atoms with Gasteiger partial charge < -0.3 is 4.74 Å². The first kappa shape index (κ1) is 9.26. The second kappa shape index (κ2) is 3.72. The smallest absolute Gasteiger partial charge is 0.387 e. The number of benzene rings is 1. The van der Waals surface area contributed by atoms with Gasteiger partial charge in [0.05, 0.1) is 0 Å². The monoisotopic (exact) mass is 191 g/mol. The van der Waals surface area contributed by atoms with Crippen LogP contribution in [0.1, 0.15) is 5.56 Å². The molecule has 0 heterocycles. The van der Waals surface area contributed by atoms with Crippen molar-refractivity contribution < 1.29 is 13.5 Å². The van der Waals surface area contributed by atoms with Gasteiger partial charge in [0.25, 0.3) is 0 Å². The van der Waals surface area contributed by atoms with Crippen molar-refractivity contribution in [2.45, 2.75) is 6.61 Å². The van der Waals surface area contributed by atoms with Gasteiger partial charge in [0.15, 0.2) is 0 Å². The highest BCUT2D eigenvalue weighted by Crippen LogP contribution is 2.21. The molecule has 0 saturated heterocycles. The lowest BCUT2D eigenvalue weighted by molar-refractivity contribution is -0.0498. The van der Waals surface area contributed by atoms with Gasteiger partial charge in [-0.15, -0.1) is 0 Å². The van der Waals surface area contributed by atoms with Crippen molar-refractivity contribution in [1.82, 2.24) is 0 Å². The third-order valence-corrected chi connectivity index (χ3v) is 1.37. The van der Waals surface area contributed by atoms with Crippen LogP contribution in [0, 0.1) is 6.92 Å².